The zero-order valence-corrected chi connectivity index (χ0v) is 13.3. The van der Waals surface area contributed by atoms with E-state index in [2.05, 4.69) is 44.3 Å². The van der Waals surface area contributed by atoms with Crippen LogP contribution >= 0.6 is 38.6 Å². The fourth-order valence-electron chi connectivity index (χ4n) is 1.80. The third-order valence-electron chi connectivity index (χ3n) is 2.72. The van der Waals surface area contributed by atoms with E-state index in [9.17, 15) is 0 Å². The van der Waals surface area contributed by atoms with Crippen LogP contribution in [0.3, 0.4) is 0 Å². The number of nitrogens with zero attached hydrogens (tertiary/aromatic N) is 2. The van der Waals surface area contributed by atoms with Gasteiger partial charge in [-0.25, -0.2) is 15.8 Å². The molecule has 3 aromatic rings. The number of fused-ring (bicyclic) bond motifs is 1. The van der Waals surface area contributed by atoms with Gasteiger partial charge in [-0.1, -0.05) is 6.92 Å². The summed E-state index contributed by atoms with van der Waals surface area (Å²) in [6, 6.07) is 4.11. The Morgan fingerprint density at radius 2 is 2.21 bits per heavy atom. The van der Waals surface area contributed by atoms with E-state index in [-0.39, 0.29) is 0 Å². The molecule has 0 spiro atoms. The van der Waals surface area contributed by atoms with Crippen molar-refractivity contribution in [2.24, 2.45) is 5.84 Å². The van der Waals surface area contributed by atoms with Crippen molar-refractivity contribution in [2.75, 3.05) is 5.43 Å². The zero-order valence-electron chi connectivity index (χ0n) is 10.1. The van der Waals surface area contributed by atoms with E-state index in [1.54, 1.807) is 22.7 Å². The molecule has 0 aliphatic heterocycles. The molecule has 98 valence electrons. The first kappa shape index (κ1) is 13.0. The van der Waals surface area contributed by atoms with E-state index >= 15 is 0 Å². The Labute approximate surface area is 126 Å². The molecule has 3 N–H and O–H groups in total. The lowest BCUT2D eigenvalue weighted by molar-refractivity contribution is 1.18. The monoisotopic (exact) mass is 354 g/mol. The number of nitrogens with one attached hydrogen (secondary N) is 1. The average molecular weight is 355 g/mol. The van der Waals surface area contributed by atoms with Gasteiger partial charge in [0, 0.05) is 14.7 Å². The number of hydrogen-bond donors (Lipinski definition) is 2. The smallest absolute Gasteiger partial charge is 0.173 e. The van der Waals surface area contributed by atoms with E-state index in [0.29, 0.717) is 11.6 Å². The van der Waals surface area contributed by atoms with Crippen LogP contribution < -0.4 is 11.3 Å². The standard InChI is InChI=1S/C12H11BrN4S2/c1-2-7-4-8-10(17-14)15-11(16-12(8)19-7)9-3-6(13)5-18-9/h3-5H,2,14H2,1H3,(H,15,16,17). The Kier molecular flexibility index (Phi) is 3.53. The molecule has 0 saturated carbocycles. The number of halogens is 1. The number of aromatic nitrogens is 2. The second-order valence-corrected chi connectivity index (χ2v) is 6.90. The van der Waals surface area contributed by atoms with Gasteiger partial charge >= 0.3 is 0 Å². The van der Waals surface area contributed by atoms with Crippen LogP contribution in [0.1, 0.15) is 11.8 Å². The summed E-state index contributed by atoms with van der Waals surface area (Å²) in [6.45, 7) is 2.13. The van der Waals surface area contributed by atoms with Gasteiger partial charge in [0.1, 0.15) is 4.83 Å². The molecular weight excluding hydrogens is 344 g/mol. The van der Waals surface area contributed by atoms with Crippen LogP contribution in [0.4, 0.5) is 5.82 Å². The highest BCUT2D eigenvalue weighted by atomic mass is 79.9. The molecule has 7 heteroatoms. The van der Waals surface area contributed by atoms with E-state index in [1.165, 1.54) is 4.88 Å². The number of nitrogens with two attached hydrogens (primary N) is 1. The first-order chi connectivity index (χ1) is 9.21. The van der Waals surface area contributed by atoms with Crippen LogP contribution in [0, 0.1) is 0 Å². The minimum Gasteiger partial charge on any atom is -0.308 e. The first-order valence-corrected chi connectivity index (χ1v) is 8.21. The molecule has 0 fully saturated rings. The maximum Gasteiger partial charge on any atom is 0.173 e. The lowest BCUT2D eigenvalue weighted by Crippen LogP contribution is -2.09. The molecule has 0 unspecified atom stereocenters. The Balaban J connectivity index is 2.21. The highest BCUT2D eigenvalue weighted by molar-refractivity contribution is 9.10. The molecule has 0 aromatic carbocycles. The number of hydrogen-bond acceptors (Lipinski definition) is 6. The lowest BCUT2D eigenvalue weighted by atomic mass is 10.3. The van der Waals surface area contributed by atoms with Crippen molar-refractivity contribution < 1.29 is 0 Å². The number of thiophene rings is 2. The molecule has 0 aliphatic rings. The highest BCUT2D eigenvalue weighted by Gasteiger charge is 2.13. The minimum atomic E-state index is 0.681. The van der Waals surface area contributed by atoms with Crippen LogP contribution in [-0.4, -0.2) is 9.97 Å². The Hall–Kier alpha value is -1.02. The number of hydrazine groups is 1. The topological polar surface area (TPSA) is 63.8 Å². The molecule has 3 heterocycles. The van der Waals surface area contributed by atoms with Crippen molar-refractivity contribution >= 4 is 54.6 Å². The van der Waals surface area contributed by atoms with Crippen molar-refractivity contribution in [1.82, 2.24) is 9.97 Å². The van der Waals surface area contributed by atoms with E-state index in [4.69, 9.17) is 5.84 Å². The molecule has 0 saturated heterocycles. The summed E-state index contributed by atoms with van der Waals surface area (Å²) >= 11 is 6.74. The van der Waals surface area contributed by atoms with Gasteiger partial charge in [-0.05, 0) is 34.5 Å². The predicted molar refractivity (Wildman–Crippen MR) is 85.6 cm³/mol. The quantitative estimate of drug-likeness (QED) is 0.550. The van der Waals surface area contributed by atoms with Gasteiger partial charge in [-0.2, -0.15) is 0 Å². The van der Waals surface area contributed by atoms with Crippen LogP contribution in [0.5, 0.6) is 0 Å². The van der Waals surface area contributed by atoms with Crippen LogP contribution in [0.2, 0.25) is 0 Å². The molecule has 0 radical (unpaired) electrons. The summed E-state index contributed by atoms with van der Waals surface area (Å²) in [5.41, 5.74) is 2.67. The van der Waals surface area contributed by atoms with Crippen molar-refractivity contribution in [1.29, 1.82) is 0 Å². The fourth-order valence-corrected chi connectivity index (χ4v) is 4.12. The zero-order chi connectivity index (χ0) is 13.4. The second kappa shape index (κ2) is 5.16. The maximum absolute atomic E-state index is 5.58. The Morgan fingerprint density at radius 1 is 1.37 bits per heavy atom. The van der Waals surface area contributed by atoms with Gasteiger partial charge in [-0.15, -0.1) is 22.7 Å². The molecule has 3 rings (SSSR count). The lowest BCUT2D eigenvalue weighted by Gasteiger charge is -2.03. The van der Waals surface area contributed by atoms with Gasteiger partial charge in [0.15, 0.2) is 11.6 Å². The highest BCUT2D eigenvalue weighted by Crippen LogP contribution is 2.33. The Bertz CT molecular complexity index is 734. The summed E-state index contributed by atoms with van der Waals surface area (Å²) in [5, 5.41) is 3.01. The van der Waals surface area contributed by atoms with Gasteiger partial charge in [0.05, 0.1) is 10.3 Å². The Morgan fingerprint density at radius 3 is 2.84 bits per heavy atom. The summed E-state index contributed by atoms with van der Waals surface area (Å²) in [5.74, 6) is 6.97. The van der Waals surface area contributed by atoms with Crippen LogP contribution in [-0.2, 0) is 6.42 Å². The van der Waals surface area contributed by atoms with Gasteiger partial charge < -0.3 is 5.43 Å². The van der Waals surface area contributed by atoms with E-state index in [0.717, 1.165) is 26.0 Å². The first-order valence-electron chi connectivity index (χ1n) is 5.72. The maximum atomic E-state index is 5.58. The van der Waals surface area contributed by atoms with Crippen molar-refractivity contribution in [2.45, 2.75) is 13.3 Å². The molecule has 19 heavy (non-hydrogen) atoms. The second-order valence-electron chi connectivity index (χ2n) is 3.95. The molecule has 0 bridgehead atoms. The third-order valence-corrected chi connectivity index (χ3v) is 5.58. The number of nitrogen functional groups attached to an aromatic ring is 1. The normalized spacial score (nSPS) is 11.1. The molecule has 0 atom stereocenters. The van der Waals surface area contributed by atoms with Crippen LogP contribution in [0.15, 0.2) is 22.0 Å². The predicted octanol–water partition coefficient (Wildman–Crippen LogP) is 4.03. The summed E-state index contributed by atoms with van der Waals surface area (Å²) in [4.78, 5) is 12.4. The summed E-state index contributed by atoms with van der Waals surface area (Å²) < 4.78 is 1.04. The molecular formula is C12H11BrN4S2. The van der Waals surface area contributed by atoms with Crippen molar-refractivity contribution in [3.8, 4) is 10.7 Å². The van der Waals surface area contributed by atoms with Crippen molar-refractivity contribution in [3.63, 3.8) is 0 Å². The van der Waals surface area contributed by atoms with Gasteiger partial charge in [-0.3, -0.25) is 0 Å². The summed E-state index contributed by atoms with van der Waals surface area (Å²) in [7, 11) is 0. The molecule has 0 amide bonds. The molecule has 0 aliphatic carbocycles. The average Bonchev–Trinajstić information content (AvgIpc) is 3.02. The molecule has 4 nitrogen and oxygen atoms in total. The fraction of sp³-hybridized carbons (Fsp3) is 0.167. The van der Waals surface area contributed by atoms with Crippen molar-refractivity contribution in [3.05, 3.63) is 26.9 Å². The number of rotatable bonds is 3. The van der Waals surface area contributed by atoms with E-state index in [1.807, 2.05) is 11.4 Å². The minimum absolute atomic E-state index is 0.681. The van der Waals surface area contributed by atoms with Gasteiger partial charge in [0.25, 0.3) is 0 Å². The number of aryl methyl sites for hydroxylation is 1. The summed E-state index contributed by atoms with van der Waals surface area (Å²) in [6.07, 6.45) is 0.991. The van der Waals surface area contributed by atoms with E-state index < -0.39 is 0 Å². The number of anilines is 1. The molecule has 3 aromatic heterocycles. The SMILES string of the molecule is CCc1cc2c(NN)nc(-c3cc(Br)cs3)nc2s1. The largest absolute Gasteiger partial charge is 0.308 e. The van der Waals surface area contributed by atoms with Crippen LogP contribution in [0.25, 0.3) is 20.9 Å². The third kappa shape index (κ3) is 2.38. The van der Waals surface area contributed by atoms with Gasteiger partial charge in [0.2, 0.25) is 0 Å².